The van der Waals surface area contributed by atoms with Crippen LogP contribution in [0.15, 0.2) is 24.3 Å². The molecular formula is C20H17F4N3O4S. The van der Waals surface area contributed by atoms with Crippen molar-refractivity contribution >= 4 is 28.3 Å². The van der Waals surface area contributed by atoms with Gasteiger partial charge in [-0.25, -0.2) is 14.0 Å². The highest BCUT2D eigenvalue weighted by Crippen LogP contribution is 2.38. The number of aryl methyl sites for hydroxylation is 1. The van der Waals surface area contributed by atoms with Gasteiger partial charge in [-0.2, -0.15) is 18.4 Å². The molecule has 2 aromatic rings. The highest BCUT2D eigenvalue weighted by molar-refractivity contribution is 7.16. The molecule has 32 heavy (non-hydrogen) atoms. The van der Waals surface area contributed by atoms with E-state index < -0.39 is 35.5 Å². The van der Waals surface area contributed by atoms with Crippen molar-refractivity contribution in [2.45, 2.75) is 37.6 Å². The second-order valence-corrected chi connectivity index (χ2v) is 7.94. The number of nitrogens with zero attached hydrogens (tertiary/aromatic N) is 1. The molecule has 7 nitrogen and oxygen atoms in total. The third-order valence-corrected chi connectivity index (χ3v) is 5.96. The Morgan fingerprint density at radius 1 is 1.16 bits per heavy atom. The molecule has 2 N–H and O–H groups in total. The zero-order valence-corrected chi connectivity index (χ0v) is 17.5. The van der Waals surface area contributed by atoms with Crippen molar-refractivity contribution in [2.24, 2.45) is 0 Å². The number of amides is 2. The van der Waals surface area contributed by atoms with Crippen molar-refractivity contribution in [3.05, 3.63) is 46.1 Å². The number of nitriles is 1. The molecular weight excluding hydrogens is 454 g/mol. The molecule has 1 aliphatic carbocycles. The first-order chi connectivity index (χ1) is 15.1. The highest BCUT2D eigenvalue weighted by Gasteiger charge is 2.66. The van der Waals surface area contributed by atoms with E-state index in [4.69, 9.17) is 4.74 Å². The van der Waals surface area contributed by atoms with E-state index in [1.54, 1.807) is 0 Å². The van der Waals surface area contributed by atoms with Crippen LogP contribution < -0.4 is 15.4 Å². The molecule has 170 valence electrons. The highest BCUT2D eigenvalue weighted by atomic mass is 32.1. The molecule has 0 bridgehead atoms. The number of hydrogen-bond acceptors (Lipinski definition) is 6. The standard InChI is InChI=1S/C20H17F4N3O4S/c1-30-17(28)19(20(22,23)24,31-12-8-6-11(21)7-9-12)27-18(29)26-16-14(10-25)13-4-2-3-5-15(13)32-16/h6-9H,2-5H2,1H3,(H2,26,27,29). The number of anilines is 1. The minimum Gasteiger partial charge on any atom is -0.464 e. The fraction of sp³-hybridized carbons (Fsp3) is 0.350. The number of fused-ring (bicyclic) bond motifs is 1. The maximum absolute atomic E-state index is 14.0. The van der Waals surface area contributed by atoms with Crippen LogP contribution in [-0.4, -0.2) is 31.0 Å². The van der Waals surface area contributed by atoms with E-state index in [1.807, 2.05) is 6.07 Å². The Balaban J connectivity index is 1.93. The lowest BCUT2D eigenvalue weighted by Crippen LogP contribution is -2.68. The van der Waals surface area contributed by atoms with Gasteiger partial charge in [-0.1, -0.05) is 0 Å². The zero-order valence-electron chi connectivity index (χ0n) is 16.6. The fourth-order valence-corrected chi connectivity index (χ4v) is 4.49. The Kier molecular flexibility index (Phi) is 6.59. The van der Waals surface area contributed by atoms with Crippen LogP contribution >= 0.6 is 11.3 Å². The van der Waals surface area contributed by atoms with Gasteiger partial charge in [-0.3, -0.25) is 10.6 Å². The third-order valence-electron chi connectivity index (χ3n) is 4.76. The number of alkyl halides is 3. The molecule has 0 radical (unpaired) electrons. The van der Waals surface area contributed by atoms with Crippen molar-refractivity contribution in [1.29, 1.82) is 5.26 Å². The van der Waals surface area contributed by atoms with Crippen molar-refractivity contribution in [3.8, 4) is 11.8 Å². The zero-order chi connectivity index (χ0) is 23.5. The molecule has 0 aliphatic heterocycles. The molecule has 0 saturated carbocycles. The van der Waals surface area contributed by atoms with Crippen LogP contribution in [0.1, 0.15) is 28.8 Å². The second kappa shape index (κ2) is 9.04. The first kappa shape index (κ1) is 23.3. The second-order valence-electron chi connectivity index (χ2n) is 6.83. The number of halogens is 4. The molecule has 0 fully saturated rings. The van der Waals surface area contributed by atoms with Crippen LogP contribution in [0.4, 0.5) is 27.4 Å². The molecule has 1 heterocycles. The van der Waals surface area contributed by atoms with Gasteiger partial charge in [0.2, 0.25) is 0 Å². The molecule has 0 saturated heterocycles. The number of esters is 1. The van der Waals surface area contributed by atoms with E-state index in [9.17, 15) is 32.4 Å². The topological polar surface area (TPSA) is 100 Å². The van der Waals surface area contributed by atoms with E-state index in [2.05, 4.69) is 10.1 Å². The number of benzene rings is 1. The minimum atomic E-state index is -5.46. The average molecular weight is 471 g/mol. The summed E-state index contributed by atoms with van der Waals surface area (Å²) in [4.78, 5) is 25.6. The third kappa shape index (κ3) is 4.47. The van der Waals surface area contributed by atoms with Gasteiger partial charge < -0.3 is 9.47 Å². The first-order valence-electron chi connectivity index (χ1n) is 9.35. The van der Waals surface area contributed by atoms with Gasteiger partial charge in [0.1, 0.15) is 22.6 Å². The van der Waals surface area contributed by atoms with Gasteiger partial charge in [-0.15, -0.1) is 11.3 Å². The Morgan fingerprint density at radius 3 is 2.41 bits per heavy atom. The van der Waals surface area contributed by atoms with Gasteiger partial charge in [0.25, 0.3) is 0 Å². The lowest BCUT2D eigenvalue weighted by molar-refractivity contribution is -0.258. The van der Waals surface area contributed by atoms with E-state index in [1.165, 1.54) is 5.32 Å². The smallest absolute Gasteiger partial charge is 0.460 e. The van der Waals surface area contributed by atoms with Crippen molar-refractivity contribution in [3.63, 3.8) is 0 Å². The van der Waals surface area contributed by atoms with Gasteiger partial charge in [0.15, 0.2) is 0 Å². The Hall–Kier alpha value is -3.33. The summed E-state index contributed by atoms with van der Waals surface area (Å²) in [5.41, 5.74) is -2.99. The van der Waals surface area contributed by atoms with Gasteiger partial charge in [0, 0.05) is 4.88 Å². The summed E-state index contributed by atoms with van der Waals surface area (Å²) in [6.45, 7) is 0. The Bertz CT molecular complexity index is 1060. The average Bonchev–Trinajstić information content (AvgIpc) is 3.10. The molecule has 1 atom stereocenters. The summed E-state index contributed by atoms with van der Waals surface area (Å²) in [5, 5.41) is 13.2. The van der Waals surface area contributed by atoms with Crippen LogP contribution in [-0.2, 0) is 22.4 Å². The molecule has 1 unspecified atom stereocenters. The summed E-state index contributed by atoms with van der Waals surface area (Å²) >= 11 is 1.09. The number of thiophene rings is 1. The predicted octanol–water partition coefficient (Wildman–Crippen LogP) is 4.27. The summed E-state index contributed by atoms with van der Waals surface area (Å²) < 4.78 is 64.2. The first-order valence-corrected chi connectivity index (χ1v) is 10.2. The van der Waals surface area contributed by atoms with Gasteiger partial charge in [0.05, 0.1) is 12.7 Å². The number of rotatable bonds is 5. The molecule has 3 rings (SSSR count). The van der Waals surface area contributed by atoms with Crippen LogP contribution in [0.3, 0.4) is 0 Å². The number of ether oxygens (including phenoxy) is 2. The van der Waals surface area contributed by atoms with Crippen LogP contribution in [0, 0.1) is 17.1 Å². The lowest BCUT2D eigenvalue weighted by atomic mass is 9.96. The number of methoxy groups -OCH3 is 1. The monoisotopic (exact) mass is 471 g/mol. The Labute approximate surface area is 183 Å². The van der Waals surface area contributed by atoms with Gasteiger partial charge >= 0.3 is 23.9 Å². The summed E-state index contributed by atoms with van der Waals surface area (Å²) in [7, 11) is 0.692. The van der Waals surface area contributed by atoms with E-state index in [-0.39, 0.29) is 10.6 Å². The Morgan fingerprint density at radius 2 is 1.81 bits per heavy atom. The van der Waals surface area contributed by atoms with Crippen LogP contribution in [0.2, 0.25) is 0 Å². The molecule has 1 aromatic heterocycles. The van der Waals surface area contributed by atoms with Gasteiger partial charge in [-0.05, 0) is 55.5 Å². The van der Waals surface area contributed by atoms with E-state index in [0.717, 1.165) is 58.9 Å². The molecule has 2 amide bonds. The van der Waals surface area contributed by atoms with Crippen molar-refractivity contribution in [2.75, 3.05) is 12.4 Å². The number of hydrogen-bond donors (Lipinski definition) is 2. The van der Waals surface area contributed by atoms with E-state index in [0.29, 0.717) is 20.0 Å². The largest absolute Gasteiger partial charge is 0.464 e. The quantitative estimate of drug-likeness (QED) is 0.385. The molecule has 1 aliphatic rings. The number of nitrogens with one attached hydrogen (secondary N) is 2. The SMILES string of the molecule is COC(=O)C(NC(=O)Nc1sc2c(c1C#N)CCCC2)(Oc1ccc(F)cc1)C(F)(F)F. The number of carbonyl (C=O) groups is 2. The number of urea groups is 1. The maximum Gasteiger partial charge on any atom is 0.460 e. The summed E-state index contributed by atoms with van der Waals surface area (Å²) in [5.74, 6) is -3.24. The summed E-state index contributed by atoms with van der Waals surface area (Å²) in [6, 6.07) is 3.89. The molecule has 0 spiro atoms. The normalized spacial score (nSPS) is 15.0. The van der Waals surface area contributed by atoms with E-state index >= 15 is 0 Å². The van der Waals surface area contributed by atoms with Crippen molar-refractivity contribution < 1.29 is 36.6 Å². The lowest BCUT2D eigenvalue weighted by Gasteiger charge is -2.33. The summed E-state index contributed by atoms with van der Waals surface area (Å²) in [6.07, 6.45) is -2.39. The maximum atomic E-state index is 14.0. The van der Waals surface area contributed by atoms with Crippen LogP contribution in [0.5, 0.6) is 5.75 Å². The minimum absolute atomic E-state index is 0.0691. The van der Waals surface area contributed by atoms with Crippen molar-refractivity contribution in [1.82, 2.24) is 5.32 Å². The fourth-order valence-electron chi connectivity index (χ4n) is 3.25. The number of carbonyl (C=O) groups excluding carboxylic acids is 2. The predicted molar refractivity (Wildman–Crippen MR) is 106 cm³/mol. The molecule has 1 aromatic carbocycles. The van der Waals surface area contributed by atoms with Crippen LogP contribution in [0.25, 0.3) is 0 Å². The molecule has 12 heteroatoms.